The molecule has 0 saturated heterocycles. The van der Waals surface area contributed by atoms with Gasteiger partial charge in [0, 0.05) is 27.5 Å². The molecule has 0 bridgehead atoms. The molecule has 0 radical (unpaired) electrons. The number of aromatic nitrogens is 1. The normalized spacial score (nSPS) is 10.6. The largest absolute Gasteiger partial charge is 0.284 e. The molecule has 1 amide bonds. The number of aryl methyl sites for hydroxylation is 1. The monoisotopic (exact) mass is 400 g/mol. The van der Waals surface area contributed by atoms with Gasteiger partial charge in [-0.1, -0.05) is 45.8 Å². The van der Waals surface area contributed by atoms with Crippen LogP contribution < -0.4 is 4.90 Å². The number of benzene rings is 2. The van der Waals surface area contributed by atoms with Crippen molar-refractivity contribution < 1.29 is 4.79 Å². The first-order chi connectivity index (χ1) is 11.6. The molecule has 0 N–H and O–H groups in total. The van der Waals surface area contributed by atoms with E-state index in [2.05, 4.69) is 52.1 Å². The molecule has 0 aliphatic heterocycles. The molecule has 0 aliphatic carbocycles. The Morgan fingerprint density at radius 3 is 2.42 bits per heavy atom. The molecule has 0 spiro atoms. The molecule has 3 aromatic rings. The van der Waals surface area contributed by atoms with Crippen LogP contribution in [0.5, 0.6) is 0 Å². The zero-order valence-corrected chi connectivity index (χ0v) is 15.9. The number of carbonyl (C=O) groups excluding carboxylic acids is 1. The third-order valence-electron chi connectivity index (χ3n) is 3.72. The highest BCUT2D eigenvalue weighted by atomic mass is 79.9. The molecule has 24 heavy (non-hydrogen) atoms. The Hall–Kier alpha value is -1.98. The van der Waals surface area contributed by atoms with Crippen LogP contribution in [0.25, 0.3) is 11.3 Å². The number of amides is 1. The first-order valence-electron chi connectivity index (χ1n) is 7.68. The summed E-state index contributed by atoms with van der Waals surface area (Å²) in [5, 5.41) is 2.72. The number of hydrogen-bond acceptors (Lipinski definition) is 3. The molecule has 0 aliphatic rings. The van der Waals surface area contributed by atoms with E-state index in [4.69, 9.17) is 0 Å². The minimum atomic E-state index is -0.0326. The molecule has 1 aromatic heterocycles. The SMILES string of the molecule is CCN(C(=O)c1ccc(Br)cc1)c1nc(-c2ccc(C)cc2)cs1. The average molecular weight is 401 g/mol. The lowest BCUT2D eigenvalue weighted by atomic mass is 10.1. The van der Waals surface area contributed by atoms with Gasteiger partial charge in [-0.2, -0.15) is 0 Å². The Balaban J connectivity index is 1.87. The van der Waals surface area contributed by atoms with Crippen LogP contribution in [0.2, 0.25) is 0 Å². The van der Waals surface area contributed by atoms with Crippen molar-refractivity contribution in [3.05, 3.63) is 69.5 Å². The van der Waals surface area contributed by atoms with Gasteiger partial charge < -0.3 is 0 Å². The fraction of sp³-hybridized carbons (Fsp3) is 0.158. The van der Waals surface area contributed by atoms with Gasteiger partial charge in [0.2, 0.25) is 0 Å². The van der Waals surface area contributed by atoms with Crippen LogP contribution in [0.4, 0.5) is 5.13 Å². The quantitative estimate of drug-likeness (QED) is 0.575. The molecular weight excluding hydrogens is 384 g/mol. The number of carbonyl (C=O) groups is 1. The molecule has 5 heteroatoms. The molecular formula is C19H17BrN2OS. The van der Waals surface area contributed by atoms with E-state index in [1.807, 2.05) is 36.6 Å². The number of hydrogen-bond donors (Lipinski definition) is 0. The standard InChI is InChI=1S/C19H17BrN2OS/c1-3-22(18(23)15-8-10-16(20)11-9-15)19-21-17(12-24-19)14-6-4-13(2)5-7-14/h4-12H,3H2,1-2H3. The van der Waals surface area contributed by atoms with Gasteiger partial charge in [-0.05, 0) is 38.1 Å². The van der Waals surface area contributed by atoms with Crippen molar-refractivity contribution in [3.63, 3.8) is 0 Å². The van der Waals surface area contributed by atoms with Gasteiger partial charge in [0.1, 0.15) is 0 Å². The van der Waals surface area contributed by atoms with Crippen LogP contribution in [0.1, 0.15) is 22.8 Å². The average Bonchev–Trinajstić information content (AvgIpc) is 3.06. The van der Waals surface area contributed by atoms with Gasteiger partial charge in [0.25, 0.3) is 5.91 Å². The maximum Gasteiger partial charge on any atom is 0.260 e. The van der Waals surface area contributed by atoms with E-state index in [1.165, 1.54) is 16.9 Å². The fourth-order valence-corrected chi connectivity index (χ4v) is 3.52. The van der Waals surface area contributed by atoms with Crippen LogP contribution >= 0.6 is 27.3 Å². The van der Waals surface area contributed by atoms with E-state index < -0.39 is 0 Å². The summed E-state index contributed by atoms with van der Waals surface area (Å²) in [6.07, 6.45) is 0. The van der Waals surface area contributed by atoms with Gasteiger partial charge >= 0.3 is 0 Å². The second-order valence-electron chi connectivity index (χ2n) is 5.44. The summed E-state index contributed by atoms with van der Waals surface area (Å²) in [7, 11) is 0. The lowest BCUT2D eigenvalue weighted by Gasteiger charge is -2.17. The smallest absolute Gasteiger partial charge is 0.260 e. The number of anilines is 1. The maximum atomic E-state index is 12.8. The summed E-state index contributed by atoms with van der Waals surface area (Å²) in [6.45, 7) is 4.60. The van der Waals surface area contributed by atoms with Gasteiger partial charge in [0.05, 0.1) is 5.69 Å². The summed E-state index contributed by atoms with van der Waals surface area (Å²) in [5.41, 5.74) is 3.84. The Morgan fingerprint density at radius 1 is 1.12 bits per heavy atom. The van der Waals surface area contributed by atoms with Crippen molar-refractivity contribution in [2.24, 2.45) is 0 Å². The molecule has 1 heterocycles. The summed E-state index contributed by atoms with van der Waals surface area (Å²) in [5.74, 6) is -0.0326. The Labute approximate surface area is 154 Å². The number of thiazole rings is 1. The third kappa shape index (κ3) is 3.57. The summed E-state index contributed by atoms with van der Waals surface area (Å²) in [6, 6.07) is 15.6. The van der Waals surface area contributed by atoms with E-state index in [0.29, 0.717) is 12.1 Å². The second-order valence-corrected chi connectivity index (χ2v) is 7.19. The van der Waals surface area contributed by atoms with Gasteiger partial charge in [0.15, 0.2) is 5.13 Å². The van der Waals surface area contributed by atoms with E-state index in [9.17, 15) is 4.79 Å². The van der Waals surface area contributed by atoms with Gasteiger partial charge in [-0.25, -0.2) is 4.98 Å². The first kappa shape index (κ1) is 16.9. The van der Waals surface area contributed by atoms with Crippen LogP contribution in [0.15, 0.2) is 58.4 Å². The molecule has 0 unspecified atom stereocenters. The highest BCUT2D eigenvalue weighted by molar-refractivity contribution is 9.10. The number of halogens is 1. The molecule has 0 fully saturated rings. The van der Waals surface area contributed by atoms with E-state index in [1.54, 1.807) is 4.90 Å². The number of nitrogens with zero attached hydrogens (tertiary/aromatic N) is 2. The van der Waals surface area contributed by atoms with Crippen molar-refractivity contribution in [1.29, 1.82) is 0 Å². The molecule has 3 rings (SSSR count). The summed E-state index contributed by atoms with van der Waals surface area (Å²) >= 11 is 4.88. The van der Waals surface area contributed by atoms with E-state index in [0.717, 1.165) is 20.9 Å². The van der Waals surface area contributed by atoms with E-state index in [-0.39, 0.29) is 5.91 Å². The van der Waals surface area contributed by atoms with Crippen LogP contribution in [-0.2, 0) is 0 Å². The lowest BCUT2D eigenvalue weighted by molar-refractivity contribution is 0.0988. The zero-order chi connectivity index (χ0) is 17.1. The van der Waals surface area contributed by atoms with Crippen molar-refractivity contribution in [2.45, 2.75) is 13.8 Å². The Kier molecular flexibility index (Phi) is 5.11. The van der Waals surface area contributed by atoms with Crippen LogP contribution in [-0.4, -0.2) is 17.4 Å². The van der Waals surface area contributed by atoms with Crippen molar-refractivity contribution in [2.75, 3.05) is 11.4 Å². The highest BCUT2D eigenvalue weighted by Gasteiger charge is 2.19. The first-order valence-corrected chi connectivity index (χ1v) is 9.35. The van der Waals surface area contributed by atoms with Gasteiger partial charge in [-0.3, -0.25) is 9.69 Å². The Morgan fingerprint density at radius 2 is 1.79 bits per heavy atom. The topological polar surface area (TPSA) is 33.2 Å². The van der Waals surface area contributed by atoms with Crippen LogP contribution in [0, 0.1) is 6.92 Å². The predicted molar refractivity (Wildman–Crippen MR) is 104 cm³/mol. The predicted octanol–water partition coefficient (Wildman–Crippen LogP) is 5.55. The summed E-state index contributed by atoms with van der Waals surface area (Å²) < 4.78 is 0.956. The van der Waals surface area contributed by atoms with E-state index >= 15 is 0 Å². The fourth-order valence-electron chi connectivity index (χ4n) is 2.36. The second kappa shape index (κ2) is 7.28. The van der Waals surface area contributed by atoms with Crippen molar-refractivity contribution >= 4 is 38.3 Å². The maximum absolute atomic E-state index is 12.8. The van der Waals surface area contributed by atoms with Crippen LogP contribution in [0.3, 0.4) is 0 Å². The lowest BCUT2D eigenvalue weighted by Crippen LogP contribution is -2.30. The van der Waals surface area contributed by atoms with Crippen molar-refractivity contribution in [3.8, 4) is 11.3 Å². The summed E-state index contributed by atoms with van der Waals surface area (Å²) in [4.78, 5) is 19.1. The minimum absolute atomic E-state index is 0.0326. The molecule has 2 aromatic carbocycles. The minimum Gasteiger partial charge on any atom is -0.284 e. The zero-order valence-electron chi connectivity index (χ0n) is 13.5. The number of rotatable bonds is 4. The molecule has 0 saturated carbocycles. The van der Waals surface area contributed by atoms with Gasteiger partial charge in [-0.15, -0.1) is 11.3 Å². The molecule has 3 nitrogen and oxygen atoms in total. The Bertz CT molecular complexity index is 841. The highest BCUT2D eigenvalue weighted by Crippen LogP contribution is 2.28. The third-order valence-corrected chi connectivity index (χ3v) is 5.12. The molecule has 0 atom stereocenters. The van der Waals surface area contributed by atoms with Crippen molar-refractivity contribution in [1.82, 2.24) is 4.98 Å². The molecule has 122 valence electrons.